The van der Waals surface area contributed by atoms with Gasteiger partial charge in [-0.2, -0.15) is 23.1 Å². The molecule has 0 atom stereocenters. The van der Waals surface area contributed by atoms with Crippen LogP contribution in [0.15, 0.2) is 95.9 Å². The van der Waals surface area contributed by atoms with Gasteiger partial charge in [0.05, 0.1) is 28.9 Å². The smallest absolute Gasteiger partial charge is 0.276 e. The summed E-state index contributed by atoms with van der Waals surface area (Å²) in [7, 11) is -2.34. The maximum atomic E-state index is 13.6. The zero-order valence-corrected chi connectivity index (χ0v) is 18.8. The average Bonchev–Trinajstić information content (AvgIpc) is 3.27. The maximum absolute atomic E-state index is 13.6. The Morgan fingerprint density at radius 2 is 1.65 bits per heavy atom. The first kappa shape index (κ1) is 21.6. The number of rotatable bonds is 6. The third-order valence-corrected chi connectivity index (χ3v) is 6.58. The van der Waals surface area contributed by atoms with Gasteiger partial charge in [-0.1, -0.05) is 24.3 Å². The zero-order chi connectivity index (χ0) is 23.7. The van der Waals surface area contributed by atoms with Crippen molar-refractivity contribution in [3.63, 3.8) is 0 Å². The molecular formula is C25H19FN4O3S. The highest BCUT2D eigenvalue weighted by Crippen LogP contribution is 2.28. The highest BCUT2D eigenvalue weighted by atomic mass is 32.2. The van der Waals surface area contributed by atoms with Crippen LogP contribution in [0.3, 0.4) is 0 Å². The van der Waals surface area contributed by atoms with E-state index < -0.39 is 10.0 Å². The molecule has 34 heavy (non-hydrogen) atoms. The van der Waals surface area contributed by atoms with Crippen molar-refractivity contribution in [1.82, 2.24) is 14.9 Å². The first-order valence-electron chi connectivity index (χ1n) is 10.3. The van der Waals surface area contributed by atoms with Crippen molar-refractivity contribution in [3.8, 4) is 28.4 Å². The molecule has 2 heterocycles. The molecule has 9 heteroatoms. The van der Waals surface area contributed by atoms with Gasteiger partial charge in [-0.25, -0.2) is 9.37 Å². The number of hydrogen-bond donors (Lipinski definition) is 1. The molecule has 0 unspecified atom stereocenters. The van der Waals surface area contributed by atoms with Gasteiger partial charge in [0.2, 0.25) is 0 Å². The lowest BCUT2D eigenvalue weighted by atomic mass is 10.1. The fourth-order valence-electron chi connectivity index (χ4n) is 3.54. The fraction of sp³-hybridized carbons (Fsp3) is 0.0400. The quantitative estimate of drug-likeness (QED) is 0.380. The Bertz CT molecular complexity index is 1580. The van der Waals surface area contributed by atoms with Gasteiger partial charge in [0.15, 0.2) is 0 Å². The molecule has 0 aliphatic carbocycles. The van der Waals surface area contributed by atoms with Crippen LogP contribution in [0.2, 0.25) is 0 Å². The molecule has 0 amide bonds. The average molecular weight is 475 g/mol. The van der Waals surface area contributed by atoms with Crippen molar-refractivity contribution in [2.45, 2.75) is 4.90 Å². The number of fused-ring (bicyclic) bond motifs is 1. The van der Waals surface area contributed by atoms with E-state index in [0.717, 1.165) is 5.56 Å². The molecule has 5 rings (SSSR count). The van der Waals surface area contributed by atoms with E-state index in [4.69, 9.17) is 4.74 Å². The van der Waals surface area contributed by atoms with Gasteiger partial charge in [-0.05, 0) is 66.7 Å². The number of nitrogens with zero attached hydrogens (tertiary/aromatic N) is 3. The SMILES string of the molecule is COc1ccc(-c2cc(-c3ccc4cc(F)ccc4n3)n(NS(=O)(=O)c3ccccc3)n2)cc1. The van der Waals surface area contributed by atoms with Crippen LogP contribution >= 0.6 is 0 Å². The van der Waals surface area contributed by atoms with Gasteiger partial charge in [0, 0.05) is 10.9 Å². The minimum absolute atomic E-state index is 0.101. The lowest BCUT2D eigenvalue weighted by Gasteiger charge is -2.11. The van der Waals surface area contributed by atoms with Gasteiger partial charge in [0.25, 0.3) is 10.0 Å². The standard InChI is InChI=1S/C25H19FN4O3S/c1-33-20-11-7-17(8-12-20)24-16-25(23-13-9-18-15-19(26)10-14-22(18)27-23)30(28-24)29-34(31,32)21-5-3-2-4-6-21/h2-16,29H,1H3. The van der Waals surface area contributed by atoms with E-state index in [-0.39, 0.29) is 10.7 Å². The Kier molecular flexibility index (Phi) is 5.46. The van der Waals surface area contributed by atoms with Crippen molar-refractivity contribution in [2.75, 3.05) is 11.9 Å². The highest BCUT2D eigenvalue weighted by Gasteiger charge is 2.20. The van der Waals surface area contributed by atoms with Gasteiger partial charge in [-0.15, -0.1) is 0 Å². The van der Waals surface area contributed by atoms with Crippen molar-refractivity contribution >= 4 is 20.9 Å². The van der Waals surface area contributed by atoms with E-state index in [1.807, 2.05) is 12.1 Å². The summed E-state index contributed by atoms with van der Waals surface area (Å²) in [5, 5.41) is 5.14. The van der Waals surface area contributed by atoms with Crippen LogP contribution < -0.4 is 9.57 Å². The zero-order valence-electron chi connectivity index (χ0n) is 18.0. The summed E-state index contributed by atoms with van der Waals surface area (Å²) in [5.41, 5.74) is 2.78. The van der Waals surface area contributed by atoms with Crippen LogP contribution in [0.5, 0.6) is 5.75 Å². The summed E-state index contributed by atoms with van der Waals surface area (Å²) in [6.45, 7) is 0. The molecule has 0 aliphatic heterocycles. The predicted octanol–water partition coefficient (Wildman–Crippen LogP) is 4.85. The number of sulfonamides is 1. The molecule has 0 aliphatic rings. The third kappa shape index (κ3) is 4.20. The van der Waals surface area contributed by atoms with E-state index in [2.05, 4.69) is 14.9 Å². The molecule has 7 nitrogen and oxygen atoms in total. The lowest BCUT2D eigenvalue weighted by Crippen LogP contribution is -2.25. The molecule has 3 aromatic carbocycles. The second-order valence-electron chi connectivity index (χ2n) is 7.50. The molecule has 0 saturated carbocycles. The maximum Gasteiger partial charge on any atom is 0.276 e. The largest absolute Gasteiger partial charge is 0.497 e. The van der Waals surface area contributed by atoms with Crippen LogP contribution in [-0.4, -0.2) is 30.4 Å². The lowest BCUT2D eigenvalue weighted by molar-refractivity contribution is 0.415. The number of hydrogen-bond acceptors (Lipinski definition) is 5. The Labute approximate surface area is 195 Å². The first-order valence-corrected chi connectivity index (χ1v) is 11.8. The second kappa shape index (κ2) is 8.60. The molecule has 1 N–H and O–H groups in total. The van der Waals surface area contributed by atoms with Crippen LogP contribution in [0, 0.1) is 5.82 Å². The summed E-state index contributed by atoms with van der Waals surface area (Å²) in [5.74, 6) is 0.334. The Morgan fingerprint density at radius 1 is 0.882 bits per heavy atom. The number of ether oxygens (including phenoxy) is 1. The molecular weight excluding hydrogens is 455 g/mol. The predicted molar refractivity (Wildman–Crippen MR) is 128 cm³/mol. The van der Waals surface area contributed by atoms with E-state index in [1.165, 1.54) is 29.1 Å². The number of aromatic nitrogens is 3. The van der Waals surface area contributed by atoms with Gasteiger partial charge in [-0.3, -0.25) is 0 Å². The molecule has 0 spiro atoms. The van der Waals surface area contributed by atoms with Crippen LogP contribution in [0.1, 0.15) is 0 Å². The van der Waals surface area contributed by atoms with Crippen molar-refractivity contribution in [1.29, 1.82) is 0 Å². The third-order valence-electron chi connectivity index (χ3n) is 5.27. The minimum atomic E-state index is -3.92. The number of pyridine rings is 1. The topological polar surface area (TPSA) is 86.1 Å². The first-order chi connectivity index (χ1) is 16.4. The number of halogens is 1. The van der Waals surface area contributed by atoms with Gasteiger partial charge >= 0.3 is 0 Å². The van der Waals surface area contributed by atoms with Crippen molar-refractivity contribution < 1.29 is 17.5 Å². The molecule has 0 bridgehead atoms. The van der Waals surface area contributed by atoms with Crippen LogP contribution in [0.25, 0.3) is 33.5 Å². The number of benzene rings is 3. The van der Waals surface area contributed by atoms with E-state index in [9.17, 15) is 12.8 Å². The van der Waals surface area contributed by atoms with Crippen molar-refractivity contribution in [2.24, 2.45) is 0 Å². The van der Waals surface area contributed by atoms with Crippen LogP contribution in [-0.2, 0) is 10.0 Å². The van der Waals surface area contributed by atoms with E-state index in [0.29, 0.717) is 33.7 Å². The second-order valence-corrected chi connectivity index (χ2v) is 9.16. The summed E-state index contributed by atoms with van der Waals surface area (Å²) >= 11 is 0. The highest BCUT2D eigenvalue weighted by molar-refractivity contribution is 7.92. The summed E-state index contributed by atoms with van der Waals surface area (Å²) in [4.78, 5) is 8.42. The molecule has 2 aromatic heterocycles. The monoisotopic (exact) mass is 474 g/mol. The summed E-state index contributed by atoms with van der Waals surface area (Å²) in [6, 6.07) is 24.8. The summed E-state index contributed by atoms with van der Waals surface area (Å²) < 4.78 is 44.8. The minimum Gasteiger partial charge on any atom is -0.497 e. The van der Waals surface area contributed by atoms with Gasteiger partial charge < -0.3 is 4.74 Å². The van der Waals surface area contributed by atoms with Gasteiger partial charge in [0.1, 0.15) is 17.3 Å². The molecule has 0 fully saturated rings. The molecule has 170 valence electrons. The fourth-order valence-corrected chi connectivity index (χ4v) is 4.53. The number of methoxy groups -OCH3 is 1. The molecule has 0 saturated heterocycles. The Morgan fingerprint density at radius 3 is 2.38 bits per heavy atom. The molecule has 5 aromatic rings. The normalized spacial score (nSPS) is 11.5. The molecule has 0 radical (unpaired) electrons. The Hall–Kier alpha value is -4.24. The van der Waals surface area contributed by atoms with E-state index >= 15 is 0 Å². The van der Waals surface area contributed by atoms with Crippen molar-refractivity contribution in [3.05, 3.63) is 96.8 Å². The van der Waals surface area contributed by atoms with Crippen LogP contribution in [0.4, 0.5) is 4.39 Å². The summed E-state index contributed by atoms with van der Waals surface area (Å²) in [6.07, 6.45) is 0. The van der Waals surface area contributed by atoms with E-state index in [1.54, 1.807) is 61.7 Å². The Balaban J connectivity index is 1.63. The number of nitrogens with one attached hydrogen (secondary N) is 1.